The van der Waals surface area contributed by atoms with Crippen LogP contribution >= 0.6 is 0 Å². The van der Waals surface area contributed by atoms with Crippen molar-refractivity contribution in [3.8, 4) is 5.75 Å². The standard InChI is InChI=1S/C24H30N2O5/c1-6-17-7-11-19(12-8-17)25-22(27)16(4)31-24(29)21(15(2)3)26-23(28)18-9-13-20(30-5)14-10-18/h7-16,21H,6H2,1-5H3,(H,25,27)(H,26,28)/t16-,21-/m0/s1. The van der Waals surface area contributed by atoms with E-state index in [1.165, 1.54) is 14.0 Å². The first kappa shape index (κ1) is 23.9. The van der Waals surface area contributed by atoms with Gasteiger partial charge in [-0.2, -0.15) is 0 Å². The number of hydrogen-bond donors (Lipinski definition) is 2. The van der Waals surface area contributed by atoms with Gasteiger partial charge in [-0.05, 0) is 61.2 Å². The van der Waals surface area contributed by atoms with Crippen LogP contribution in [0.15, 0.2) is 48.5 Å². The number of anilines is 1. The number of esters is 1. The van der Waals surface area contributed by atoms with Crippen molar-refractivity contribution in [3.63, 3.8) is 0 Å². The van der Waals surface area contributed by atoms with Gasteiger partial charge in [0.1, 0.15) is 11.8 Å². The third-order valence-electron chi connectivity index (χ3n) is 4.85. The number of amides is 2. The summed E-state index contributed by atoms with van der Waals surface area (Å²) in [5.74, 6) is -1.12. The molecule has 2 N–H and O–H groups in total. The third-order valence-corrected chi connectivity index (χ3v) is 4.85. The van der Waals surface area contributed by atoms with Crippen molar-refractivity contribution in [1.82, 2.24) is 5.32 Å². The van der Waals surface area contributed by atoms with Gasteiger partial charge >= 0.3 is 5.97 Å². The number of nitrogens with one attached hydrogen (secondary N) is 2. The molecule has 0 fully saturated rings. The number of carbonyl (C=O) groups excluding carboxylic acids is 3. The molecule has 7 nitrogen and oxygen atoms in total. The maximum absolute atomic E-state index is 12.7. The summed E-state index contributed by atoms with van der Waals surface area (Å²) >= 11 is 0. The summed E-state index contributed by atoms with van der Waals surface area (Å²) in [5, 5.41) is 5.42. The molecule has 7 heteroatoms. The summed E-state index contributed by atoms with van der Waals surface area (Å²) in [6, 6.07) is 13.1. The molecule has 2 aromatic rings. The predicted octanol–water partition coefficient (Wildman–Crippen LogP) is 3.58. The first-order valence-electron chi connectivity index (χ1n) is 10.3. The molecule has 0 bridgehead atoms. The summed E-state index contributed by atoms with van der Waals surface area (Å²) < 4.78 is 10.4. The molecule has 0 heterocycles. The minimum atomic E-state index is -1.02. The van der Waals surface area contributed by atoms with Crippen LogP contribution in [0.5, 0.6) is 5.75 Å². The van der Waals surface area contributed by atoms with Gasteiger partial charge in [0.2, 0.25) is 0 Å². The molecular formula is C24H30N2O5. The van der Waals surface area contributed by atoms with Gasteiger partial charge < -0.3 is 20.1 Å². The van der Waals surface area contributed by atoms with Crippen molar-refractivity contribution < 1.29 is 23.9 Å². The summed E-state index contributed by atoms with van der Waals surface area (Å²) in [6.07, 6.45) is -0.112. The van der Waals surface area contributed by atoms with E-state index in [9.17, 15) is 14.4 Å². The second-order valence-electron chi connectivity index (χ2n) is 7.54. The zero-order chi connectivity index (χ0) is 23.0. The highest BCUT2D eigenvalue weighted by molar-refractivity contribution is 5.98. The van der Waals surface area contributed by atoms with E-state index in [1.807, 2.05) is 19.1 Å². The fraction of sp³-hybridized carbons (Fsp3) is 0.375. The minimum absolute atomic E-state index is 0.230. The highest BCUT2D eigenvalue weighted by Gasteiger charge is 2.29. The fourth-order valence-electron chi connectivity index (χ4n) is 2.83. The van der Waals surface area contributed by atoms with E-state index in [1.54, 1.807) is 50.2 Å². The lowest BCUT2D eigenvalue weighted by molar-refractivity contribution is -0.156. The van der Waals surface area contributed by atoms with Crippen LogP contribution in [-0.4, -0.2) is 37.0 Å². The van der Waals surface area contributed by atoms with E-state index in [4.69, 9.17) is 9.47 Å². The van der Waals surface area contributed by atoms with Gasteiger partial charge in [-0.1, -0.05) is 32.9 Å². The second kappa shape index (κ2) is 11.2. The van der Waals surface area contributed by atoms with E-state index in [2.05, 4.69) is 10.6 Å². The molecule has 2 atom stereocenters. The summed E-state index contributed by atoms with van der Waals surface area (Å²) in [6.45, 7) is 7.13. The van der Waals surface area contributed by atoms with Gasteiger partial charge in [-0.25, -0.2) is 4.79 Å². The lowest BCUT2D eigenvalue weighted by Crippen LogP contribution is -2.47. The van der Waals surface area contributed by atoms with E-state index in [0.717, 1.165) is 12.0 Å². The van der Waals surface area contributed by atoms with Crippen LogP contribution < -0.4 is 15.4 Å². The molecule has 2 aromatic carbocycles. The number of hydrogen-bond acceptors (Lipinski definition) is 5. The maximum atomic E-state index is 12.7. The van der Waals surface area contributed by atoms with Gasteiger partial charge in [-0.3, -0.25) is 9.59 Å². The normalized spacial score (nSPS) is 12.6. The van der Waals surface area contributed by atoms with E-state index in [-0.39, 0.29) is 5.92 Å². The highest BCUT2D eigenvalue weighted by atomic mass is 16.5. The monoisotopic (exact) mass is 426 g/mol. The fourth-order valence-corrected chi connectivity index (χ4v) is 2.83. The quantitative estimate of drug-likeness (QED) is 0.598. The molecule has 0 saturated carbocycles. The summed E-state index contributed by atoms with van der Waals surface area (Å²) in [5.41, 5.74) is 2.17. The summed E-state index contributed by atoms with van der Waals surface area (Å²) in [4.78, 5) is 37.6. The predicted molar refractivity (Wildman–Crippen MR) is 119 cm³/mol. The van der Waals surface area contributed by atoms with Crippen LogP contribution in [-0.2, 0) is 20.7 Å². The first-order valence-corrected chi connectivity index (χ1v) is 10.3. The topological polar surface area (TPSA) is 93.7 Å². The van der Waals surface area contributed by atoms with Crippen LogP contribution in [0, 0.1) is 5.92 Å². The Morgan fingerprint density at radius 1 is 0.935 bits per heavy atom. The Bertz CT molecular complexity index is 891. The zero-order valence-corrected chi connectivity index (χ0v) is 18.6. The van der Waals surface area contributed by atoms with Crippen molar-refractivity contribution in [2.24, 2.45) is 5.92 Å². The first-order chi connectivity index (χ1) is 14.7. The third kappa shape index (κ3) is 6.84. The number of aryl methyl sites for hydroxylation is 1. The Morgan fingerprint density at radius 3 is 2.06 bits per heavy atom. The van der Waals surface area contributed by atoms with Crippen molar-refractivity contribution in [2.75, 3.05) is 12.4 Å². The molecule has 0 aliphatic heterocycles. The number of carbonyl (C=O) groups is 3. The average molecular weight is 427 g/mol. The summed E-state index contributed by atoms with van der Waals surface area (Å²) in [7, 11) is 1.54. The molecule has 0 aliphatic carbocycles. The van der Waals surface area contributed by atoms with Gasteiger partial charge in [0.15, 0.2) is 6.10 Å². The highest BCUT2D eigenvalue weighted by Crippen LogP contribution is 2.14. The average Bonchev–Trinajstić information content (AvgIpc) is 2.77. The van der Waals surface area contributed by atoms with Crippen molar-refractivity contribution >= 4 is 23.5 Å². The second-order valence-corrected chi connectivity index (χ2v) is 7.54. The largest absolute Gasteiger partial charge is 0.497 e. The van der Waals surface area contributed by atoms with Crippen LogP contribution in [0.3, 0.4) is 0 Å². The van der Waals surface area contributed by atoms with Gasteiger partial charge in [-0.15, -0.1) is 0 Å². The number of benzene rings is 2. The molecule has 166 valence electrons. The molecule has 2 amide bonds. The molecule has 0 spiro atoms. The Morgan fingerprint density at radius 2 is 1.55 bits per heavy atom. The van der Waals surface area contributed by atoms with E-state index in [0.29, 0.717) is 17.0 Å². The van der Waals surface area contributed by atoms with E-state index < -0.39 is 29.9 Å². The Labute approximate surface area is 183 Å². The van der Waals surface area contributed by atoms with Gasteiger partial charge in [0.25, 0.3) is 11.8 Å². The van der Waals surface area contributed by atoms with Crippen molar-refractivity contribution in [1.29, 1.82) is 0 Å². The lowest BCUT2D eigenvalue weighted by atomic mass is 10.0. The minimum Gasteiger partial charge on any atom is -0.497 e. The molecule has 31 heavy (non-hydrogen) atoms. The Balaban J connectivity index is 1.97. The number of methoxy groups -OCH3 is 1. The van der Waals surface area contributed by atoms with Crippen molar-refractivity contribution in [3.05, 3.63) is 59.7 Å². The molecule has 0 saturated heterocycles. The zero-order valence-electron chi connectivity index (χ0n) is 18.6. The van der Waals surface area contributed by atoms with Gasteiger partial charge in [0.05, 0.1) is 7.11 Å². The Hall–Kier alpha value is -3.35. The van der Waals surface area contributed by atoms with Gasteiger partial charge in [0, 0.05) is 11.3 Å². The van der Waals surface area contributed by atoms with Crippen LogP contribution in [0.2, 0.25) is 0 Å². The molecule has 0 unspecified atom stereocenters. The van der Waals surface area contributed by atoms with Crippen LogP contribution in [0.25, 0.3) is 0 Å². The van der Waals surface area contributed by atoms with Crippen LogP contribution in [0.1, 0.15) is 43.6 Å². The SMILES string of the molecule is CCc1ccc(NC(=O)[C@H](C)OC(=O)[C@@H](NC(=O)c2ccc(OC)cc2)C(C)C)cc1. The van der Waals surface area contributed by atoms with E-state index >= 15 is 0 Å². The molecule has 2 rings (SSSR count). The number of rotatable bonds is 9. The van der Waals surface area contributed by atoms with Crippen LogP contribution in [0.4, 0.5) is 5.69 Å². The smallest absolute Gasteiger partial charge is 0.329 e. The number of ether oxygens (including phenoxy) is 2. The Kier molecular flexibility index (Phi) is 8.61. The molecule has 0 radical (unpaired) electrons. The maximum Gasteiger partial charge on any atom is 0.329 e. The molecule has 0 aliphatic rings. The van der Waals surface area contributed by atoms with Crippen molar-refractivity contribution in [2.45, 2.75) is 46.3 Å². The molecule has 0 aromatic heterocycles. The molecular weight excluding hydrogens is 396 g/mol. The lowest BCUT2D eigenvalue weighted by Gasteiger charge is -2.23.